The summed E-state index contributed by atoms with van der Waals surface area (Å²) in [7, 11) is -4.24. The molecule has 0 aromatic heterocycles. The van der Waals surface area contributed by atoms with Gasteiger partial charge in [-0.2, -0.15) is 5.10 Å². The van der Waals surface area contributed by atoms with Crippen molar-refractivity contribution in [2.45, 2.75) is 18.7 Å². The number of hydrazone groups is 1. The lowest BCUT2D eigenvalue weighted by Gasteiger charge is -2.24. The summed E-state index contributed by atoms with van der Waals surface area (Å²) in [5.41, 5.74) is 3.67. The molecular formula is C24H23FN4O4S. The first-order chi connectivity index (χ1) is 16.2. The fourth-order valence-corrected chi connectivity index (χ4v) is 4.52. The first kappa shape index (κ1) is 24.6. The van der Waals surface area contributed by atoms with Crippen LogP contribution in [0, 0.1) is 5.82 Å². The van der Waals surface area contributed by atoms with Gasteiger partial charge < -0.3 is 5.32 Å². The molecule has 2 N–H and O–H groups in total. The molecule has 176 valence electrons. The zero-order chi connectivity index (χ0) is 24.7. The molecule has 0 bridgehead atoms. The number of nitrogens with one attached hydrogen (secondary N) is 2. The molecule has 10 heteroatoms. The third kappa shape index (κ3) is 6.04. The average Bonchev–Trinajstić information content (AvgIpc) is 2.82. The van der Waals surface area contributed by atoms with Crippen molar-refractivity contribution in [3.05, 3.63) is 90.2 Å². The van der Waals surface area contributed by atoms with E-state index >= 15 is 0 Å². The van der Waals surface area contributed by atoms with E-state index in [2.05, 4.69) is 15.8 Å². The van der Waals surface area contributed by atoms with Crippen LogP contribution < -0.4 is 15.0 Å². The summed E-state index contributed by atoms with van der Waals surface area (Å²) >= 11 is 0. The molecule has 0 heterocycles. The van der Waals surface area contributed by atoms with Crippen molar-refractivity contribution in [1.82, 2.24) is 5.43 Å². The number of benzene rings is 3. The van der Waals surface area contributed by atoms with Crippen LogP contribution in [0.2, 0.25) is 0 Å². The van der Waals surface area contributed by atoms with E-state index in [1.807, 2.05) is 0 Å². The van der Waals surface area contributed by atoms with Gasteiger partial charge in [0.1, 0.15) is 12.4 Å². The Bertz CT molecular complexity index is 1330. The van der Waals surface area contributed by atoms with E-state index in [1.54, 1.807) is 37.3 Å². The quantitative estimate of drug-likeness (QED) is 0.378. The molecule has 0 aliphatic rings. The van der Waals surface area contributed by atoms with Gasteiger partial charge in [0.15, 0.2) is 0 Å². The molecule has 2 amide bonds. The molecule has 0 saturated carbocycles. The maximum Gasteiger partial charge on any atom is 0.264 e. The van der Waals surface area contributed by atoms with Gasteiger partial charge in [0.05, 0.1) is 16.3 Å². The summed E-state index contributed by atoms with van der Waals surface area (Å²) in [5, 5.41) is 6.68. The number of halogens is 1. The SMILES string of the molecule is CC(=O)Nc1cccc(/C(C)=N/NC(=O)CN(c2ccccc2F)S(=O)(=O)c2ccccc2)c1. The fraction of sp³-hybridized carbons (Fsp3) is 0.125. The molecular weight excluding hydrogens is 459 g/mol. The summed E-state index contributed by atoms with van der Waals surface area (Å²) in [5.74, 6) is -1.78. The normalized spacial score (nSPS) is 11.6. The number of carbonyl (C=O) groups excluding carboxylic acids is 2. The van der Waals surface area contributed by atoms with Crippen molar-refractivity contribution in [3.8, 4) is 0 Å². The summed E-state index contributed by atoms with van der Waals surface area (Å²) in [6.07, 6.45) is 0. The number of para-hydroxylation sites is 1. The Kier molecular flexibility index (Phi) is 7.75. The van der Waals surface area contributed by atoms with Crippen molar-refractivity contribution in [2.24, 2.45) is 5.10 Å². The third-order valence-corrected chi connectivity index (χ3v) is 6.46. The van der Waals surface area contributed by atoms with Crippen LogP contribution in [0.15, 0.2) is 88.9 Å². The zero-order valence-corrected chi connectivity index (χ0v) is 19.3. The zero-order valence-electron chi connectivity index (χ0n) is 18.5. The van der Waals surface area contributed by atoms with Gasteiger partial charge in [-0.3, -0.25) is 13.9 Å². The highest BCUT2D eigenvalue weighted by atomic mass is 32.2. The highest BCUT2D eigenvalue weighted by Crippen LogP contribution is 2.26. The Balaban J connectivity index is 1.84. The van der Waals surface area contributed by atoms with Gasteiger partial charge in [0, 0.05) is 12.6 Å². The molecule has 0 saturated heterocycles. The lowest BCUT2D eigenvalue weighted by Crippen LogP contribution is -2.40. The van der Waals surface area contributed by atoms with Crippen molar-refractivity contribution in [3.63, 3.8) is 0 Å². The van der Waals surface area contributed by atoms with Crippen molar-refractivity contribution in [2.75, 3.05) is 16.2 Å². The smallest absolute Gasteiger partial charge is 0.264 e. The second-order valence-corrected chi connectivity index (χ2v) is 9.13. The second kappa shape index (κ2) is 10.7. The maximum absolute atomic E-state index is 14.5. The van der Waals surface area contributed by atoms with Crippen LogP contribution in [0.1, 0.15) is 19.4 Å². The van der Waals surface area contributed by atoms with E-state index in [1.165, 1.54) is 49.4 Å². The number of carbonyl (C=O) groups is 2. The highest BCUT2D eigenvalue weighted by molar-refractivity contribution is 7.92. The summed E-state index contributed by atoms with van der Waals surface area (Å²) in [6, 6.07) is 19.6. The van der Waals surface area contributed by atoms with Gasteiger partial charge in [-0.05, 0) is 48.9 Å². The molecule has 0 atom stereocenters. The van der Waals surface area contributed by atoms with E-state index in [9.17, 15) is 22.4 Å². The molecule has 0 radical (unpaired) electrons. The molecule has 3 aromatic rings. The largest absolute Gasteiger partial charge is 0.326 e. The lowest BCUT2D eigenvalue weighted by atomic mass is 10.1. The Morgan fingerprint density at radius 1 is 0.941 bits per heavy atom. The Morgan fingerprint density at radius 2 is 1.62 bits per heavy atom. The van der Waals surface area contributed by atoms with E-state index in [0.717, 1.165) is 6.07 Å². The Labute approximate surface area is 197 Å². The van der Waals surface area contributed by atoms with Crippen LogP contribution >= 0.6 is 0 Å². The van der Waals surface area contributed by atoms with Crippen molar-refractivity contribution in [1.29, 1.82) is 0 Å². The highest BCUT2D eigenvalue weighted by Gasteiger charge is 2.29. The van der Waals surface area contributed by atoms with E-state index in [-0.39, 0.29) is 16.5 Å². The van der Waals surface area contributed by atoms with E-state index in [4.69, 9.17) is 0 Å². The predicted molar refractivity (Wildman–Crippen MR) is 128 cm³/mol. The van der Waals surface area contributed by atoms with Crippen LogP contribution in [0.5, 0.6) is 0 Å². The monoisotopic (exact) mass is 482 g/mol. The second-order valence-electron chi connectivity index (χ2n) is 7.27. The van der Waals surface area contributed by atoms with Gasteiger partial charge >= 0.3 is 0 Å². The summed E-state index contributed by atoms with van der Waals surface area (Å²) < 4.78 is 41.6. The number of hydrogen-bond acceptors (Lipinski definition) is 5. The molecule has 0 unspecified atom stereocenters. The van der Waals surface area contributed by atoms with Crippen molar-refractivity contribution >= 4 is 38.9 Å². The molecule has 3 aromatic carbocycles. The number of amides is 2. The summed E-state index contributed by atoms with van der Waals surface area (Å²) in [4.78, 5) is 23.8. The third-order valence-electron chi connectivity index (χ3n) is 4.69. The van der Waals surface area contributed by atoms with Gasteiger partial charge in [-0.25, -0.2) is 18.2 Å². The number of rotatable bonds is 8. The van der Waals surface area contributed by atoms with Crippen LogP contribution in [0.25, 0.3) is 0 Å². The molecule has 3 rings (SSSR count). The Morgan fingerprint density at radius 3 is 2.29 bits per heavy atom. The first-order valence-electron chi connectivity index (χ1n) is 10.2. The molecule has 34 heavy (non-hydrogen) atoms. The summed E-state index contributed by atoms with van der Waals surface area (Å²) in [6.45, 7) is 2.34. The number of sulfonamides is 1. The van der Waals surface area contributed by atoms with E-state index in [0.29, 0.717) is 21.3 Å². The molecule has 0 spiro atoms. The minimum atomic E-state index is -4.24. The minimum absolute atomic E-state index is 0.0829. The standard InChI is InChI=1S/C24H23FN4O4S/c1-17(19-9-8-10-20(15-19)26-18(2)30)27-28-24(31)16-29(23-14-7-6-13-22(23)25)34(32,33)21-11-4-3-5-12-21/h3-15H,16H2,1-2H3,(H,26,30)(H,28,31)/b27-17+. The van der Waals surface area contributed by atoms with Crippen LogP contribution in [0.4, 0.5) is 15.8 Å². The molecule has 8 nitrogen and oxygen atoms in total. The van der Waals surface area contributed by atoms with Gasteiger partial charge in [-0.1, -0.05) is 42.5 Å². The van der Waals surface area contributed by atoms with Crippen molar-refractivity contribution < 1.29 is 22.4 Å². The van der Waals surface area contributed by atoms with Gasteiger partial charge in [0.25, 0.3) is 15.9 Å². The maximum atomic E-state index is 14.5. The predicted octanol–water partition coefficient (Wildman–Crippen LogP) is 3.52. The van der Waals surface area contributed by atoms with Crippen LogP contribution in [-0.4, -0.2) is 32.5 Å². The molecule has 0 aliphatic carbocycles. The molecule has 0 fully saturated rings. The fourth-order valence-electron chi connectivity index (χ4n) is 3.08. The van der Waals surface area contributed by atoms with Crippen LogP contribution in [0.3, 0.4) is 0 Å². The Hall–Kier alpha value is -4.05. The van der Waals surface area contributed by atoms with Gasteiger partial charge in [0.2, 0.25) is 5.91 Å². The average molecular weight is 483 g/mol. The van der Waals surface area contributed by atoms with Gasteiger partial charge in [-0.15, -0.1) is 0 Å². The topological polar surface area (TPSA) is 108 Å². The molecule has 0 aliphatic heterocycles. The van der Waals surface area contributed by atoms with Crippen LogP contribution in [-0.2, 0) is 19.6 Å². The minimum Gasteiger partial charge on any atom is -0.326 e. The number of hydrogen-bond donors (Lipinski definition) is 2. The number of nitrogens with zero attached hydrogens (tertiary/aromatic N) is 2. The lowest BCUT2D eigenvalue weighted by molar-refractivity contribution is -0.119. The first-order valence-corrected chi connectivity index (χ1v) is 11.7. The number of anilines is 2. The van der Waals surface area contributed by atoms with E-state index < -0.39 is 28.3 Å².